The summed E-state index contributed by atoms with van der Waals surface area (Å²) in [5, 5.41) is 60.8. The molecule has 2 N–H and O–H groups in total. The minimum atomic E-state index is -0.0432. The van der Waals surface area contributed by atoms with Gasteiger partial charge in [0.25, 0.3) is 23.6 Å². The van der Waals surface area contributed by atoms with Gasteiger partial charge in [-0.1, -0.05) is 122 Å². The van der Waals surface area contributed by atoms with E-state index in [1.807, 2.05) is 116 Å². The Kier molecular flexibility index (Phi) is 27.2. The molecule has 4 heterocycles. The van der Waals surface area contributed by atoms with Crippen LogP contribution in [0, 0.1) is 45.3 Å². The second-order valence-corrected chi connectivity index (χ2v) is 30.0. The molecule has 1 amide bonds. The average molecular weight is 1570 g/mol. The second-order valence-electron chi connectivity index (χ2n) is 30.0. The number of nitrogens with one attached hydrogen (secondary N) is 2. The molecule has 3 unspecified atom stereocenters. The van der Waals surface area contributed by atoms with Crippen LogP contribution in [-0.4, -0.2) is 83.2 Å². The van der Waals surface area contributed by atoms with Gasteiger partial charge in [0.15, 0.2) is 0 Å². The summed E-state index contributed by atoms with van der Waals surface area (Å²) in [6, 6.07) is 54.6. The maximum absolute atomic E-state index is 11.5. The molecule has 0 saturated heterocycles. The number of rotatable bonds is 20. The number of nitriles is 4. The van der Waals surface area contributed by atoms with Gasteiger partial charge >= 0.3 is 0 Å². The molecule has 4 aliphatic rings. The predicted molar refractivity (Wildman–Crippen MR) is 444 cm³/mol. The molecule has 0 aliphatic heterocycles. The van der Waals surface area contributed by atoms with Crippen LogP contribution in [-0.2, 0) is 35.3 Å². The average Bonchev–Trinajstić information content (AvgIpc) is 1.64. The molecule has 16 rings (SSSR count). The first-order valence-corrected chi connectivity index (χ1v) is 38.7. The van der Waals surface area contributed by atoms with E-state index in [1.54, 1.807) is 61.5 Å². The van der Waals surface area contributed by atoms with E-state index in [0.29, 0.717) is 133 Å². The number of nitrogens with zero attached hydrogens (tertiary/aromatic N) is 12. The van der Waals surface area contributed by atoms with Crippen LogP contribution in [0.25, 0.3) is 91.4 Å². The molecule has 4 aromatic heterocycles. The first kappa shape index (κ1) is 84.5. The number of hydrogen-bond acceptors (Lipinski definition) is 23. The van der Waals surface area contributed by atoms with E-state index in [4.69, 9.17) is 37.0 Å². The molecule has 117 heavy (non-hydrogen) atoms. The first-order valence-electron chi connectivity index (χ1n) is 38.7. The van der Waals surface area contributed by atoms with E-state index >= 15 is 0 Å². The number of aromatic nitrogens is 8. The Hall–Kier alpha value is -13.4. The van der Waals surface area contributed by atoms with Crippen molar-refractivity contribution in [3.63, 3.8) is 0 Å². The van der Waals surface area contributed by atoms with Crippen molar-refractivity contribution in [3.05, 3.63) is 212 Å². The summed E-state index contributed by atoms with van der Waals surface area (Å²) < 4.78 is 44.7. The van der Waals surface area contributed by atoms with Gasteiger partial charge in [0.1, 0.15) is 53.1 Å². The maximum atomic E-state index is 11.5. The van der Waals surface area contributed by atoms with Gasteiger partial charge in [0.05, 0.1) is 59.3 Å². The third-order valence-corrected chi connectivity index (χ3v) is 20.2. The Bertz CT molecular complexity index is 5590. The molecule has 24 heteroatoms. The monoisotopic (exact) mass is 1570 g/mol. The van der Waals surface area contributed by atoms with Crippen molar-refractivity contribution in [3.8, 4) is 139 Å². The van der Waals surface area contributed by atoms with Gasteiger partial charge < -0.3 is 47.7 Å². The van der Waals surface area contributed by atoms with Crippen molar-refractivity contribution in [1.29, 1.82) is 21.0 Å². The van der Waals surface area contributed by atoms with Crippen LogP contribution >= 0.6 is 0 Å². The van der Waals surface area contributed by atoms with Gasteiger partial charge in [-0.25, -0.2) is 0 Å². The van der Waals surface area contributed by atoms with E-state index in [2.05, 4.69) is 120 Å². The van der Waals surface area contributed by atoms with Crippen molar-refractivity contribution >= 4 is 11.7 Å². The highest BCUT2D eigenvalue weighted by Crippen LogP contribution is 2.43. The molecule has 0 radical (unpaired) electrons. The van der Waals surface area contributed by atoms with Gasteiger partial charge in [-0.15, -0.1) is 0 Å². The molecular formula is C93H96N14O10. The molecular weight excluding hydrogens is 1470 g/mol. The fourth-order valence-electron chi connectivity index (χ4n) is 15.0. The summed E-state index contributed by atoms with van der Waals surface area (Å²) in [5.74, 6) is 7.09. The van der Waals surface area contributed by atoms with Gasteiger partial charge in [0.2, 0.25) is 29.2 Å². The quantitative estimate of drug-likeness (QED) is 0.0715. The summed E-state index contributed by atoms with van der Waals surface area (Å²) in [4.78, 5) is 41.2. The molecule has 0 bridgehead atoms. The van der Waals surface area contributed by atoms with Crippen LogP contribution < -0.4 is 29.6 Å². The zero-order valence-corrected chi connectivity index (χ0v) is 66.3. The molecule has 4 aliphatic carbocycles. The minimum Gasteiger partial charge on any atom is -0.490 e. The summed E-state index contributed by atoms with van der Waals surface area (Å²) in [6.07, 6.45) is 7.81. The first-order chi connectivity index (χ1) is 55.5. The second kappa shape index (κ2) is 37.7. The number of hydrogen-bond donors (Lipinski definition) is 2. The van der Waals surface area contributed by atoms with Gasteiger partial charge in [-0.2, -0.15) is 41.0 Å². The van der Waals surface area contributed by atoms with Crippen molar-refractivity contribution in [2.45, 2.75) is 198 Å². The Balaban J connectivity index is 0.000000153. The fourth-order valence-corrected chi connectivity index (χ4v) is 15.0. The summed E-state index contributed by atoms with van der Waals surface area (Å²) in [5.41, 5.74) is 18.3. The largest absolute Gasteiger partial charge is 0.490 e. The van der Waals surface area contributed by atoms with Crippen molar-refractivity contribution in [1.82, 2.24) is 51.2 Å². The van der Waals surface area contributed by atoms with Crippen LogP contribution in [0.3, 0.4) is 0 Å². The van der Waals surface area contributed by atoms with Crippen molar-refractivity contribution < 1.29 is 46.6 Å². The number of carbonyl (C=O) groups is 2. The van der Waals surface area contributed by atoms with Gasteiger partial charge in [-0.3, -0.25) is 9.59 Å². The number of amides is 1. The lowest BCUT2D eigenvalue weighted by molar-refractivity contribution is -0.119. The lowest BCUT2D eigenvalue weighted by Crippen LogP contribution is -2.24. The molecule has 4 atom stereocenters. The van der Waals surface area contributed by atoms with Crippen molar-refractivity contribution in [2.75, 3.05) is 6.54 Å². The van der Waals surface area contributed by atoms with Crippen LogP contribution in [0.15, 0.2) is 164 Å². The van der Waals surface area contributed by atoms with E-state index in [-0.39, 0.29) is 63.0 Å². The Labute approximate surface area is 682 Å². The normalized spacial score (nSPS) is 15.0. The number of carbonyl (C=O) groups excluding carboxylic acids is 2. The minimum absolute atomic E-state index is 0. The smallest absolute Gasteiger partial charge is 0.258 e. The highest BCUT2D eigenvalue weighted by atomic mass is 16.5. The van der Waals surface area contributed by atoms with Crippen LogP contribution in [0.2, 0.25) is 0 Å². The zero-order valence-electron chi connectivity index (χ0n) is 66.3. The van der Waals surface area contributed by atoms with Gasteiger partial charge in [-0.05, 0) is 243 Å². The van der Waals surface area contributed by atoms with Gasteiger partial charge in [0, 0.05) is 57.5 Å². The molecule has 24 nitrogen and oxygen atoms in total. The number of ether oxygens (including phenoxy) is 4. The summed E-state index contributed by atoms with van der Waals surface area (Å²) >= 11 is 0. The summed E-state index contributed by atoms with van der Waals surface area (Å²) in [6.45, 7) is 23.3. The Morgan fingerprint density at radius 3 is 0.957 bits per heavy atom. The lowest BCUT2D eigenvalue weighted by atomic mass is 9.99. The maximum Gasteiger partial charge on any atom is 0.258 e. The topological polar surface area (TPSA) is 346 Å². The number of fused-ring (bicyclic) bond motifs is 4. The van der Waals surface area contributed by atoms with Crippen LogP contribution in [0.1, 0.15) is 214 Å². The molecule has 0 spiro atoms. The number of benzene rings is 8. The SMILES string of the molecule is C.C.CC(=O)CNC1CCc2c(-c3noc(-c4ccc(OC(C)C)c(C#N)c4)n3)cccc21.CC(=O)NC1CCc2c(-c3noc(-c4ccc(OC(C)C)c(C#N)c4)n3)cccc21.CC(C)Oc1ccc(-c2nc(-c3cccc4c3CCC4C)no2)cc1C#N.CC(C)Oc1ccc(-c2nc(-c3cccc4c3CC[C@@H]4C)no2)cc1C#N. The third-order valence-electron chi connectivity index (χ3n) is 20.2. The molecule has 12 aromatic rings. The molecule has 0 saturated carbocycles. The van der Waals surface area contributed by atoms with E-state index < -0.39 is 0 Å². The third kappa shape index (κ3) is 19.4. The predicted octanol–water partition coefficient (Wildman–Crippen LogP) is 19.9. The molecule has 8 aromatic carbocycles. The van der Waals surface area contributed by atoms with Crippen LogP contribution in [0.5, 0.6) is 23.0 Å². The van der Waals surface area contributed by atoms with Crippen LogP contribution in [0.4, 0.5) is 0 Å². The summed E-state index contributed by atoms with van der Waals surface area (Å²) in [7, 11) is 0. The molecule has 598 valence electrons. The lowest BCUT2D eigenvalue weighted by Gasteiger charge is -2.13. The Morgan fingerprint density at radius 2 is 0.675 bits per heavy atom. The highest BCUT2D eigenvalue weighted by molar-refractivity contribution is 5.78. The zero-order chi connectivity index (χ0) is 81.1. The van der Waals surface area contributed by atoms with E-state index in [0.717, 1.165) is 84.7 Å². The standard InChI is InChI=1S/C24H24N4O3.C23H22N4O3.2C22H21N3O2.2CH4/c1-14(2)30-22-10-7-16(11-17(22)12-25)24-27-23(28-31-24)20-6-4-5-19-18(20)8-9-21(19)26-13-15(3)29;1-13(2)29-21-10-7-15(11-16(21)12-24)23-26-22(27-30-23)19-6-4-5-18-17(19)8-9-20(18)25-14(3)28;2*1-13(2)26-20-10-8-15(11-16(20)12-23)22-24-21(25-27-22)19-6-4-5-17-14(3)7-9-18(17)19;;/h4-7,10-11,14,21,26H,8-9,13H2,1-3H3;4-7,10-11,13,20H,8-9H2,1-3H3,(H,25,28);2*4-6,8,10-11,13-14H,7,9H2,1-3H3;2*1H4/t;;14-;;;/m..0.../s1. The van der Waals surface area contributed by atoms with E-state index in [9.17, 15) is 30.6 Å². The van der Waals surface area contributed by atoms with E-state index in [1.165, 1.54) is 40.3 Å². The Morgan fingerprint density at radius 1 is 0.402 bits per heavy atom. The number of Topliss-reactive ketones (excluding diaryl/α,β-unsaturated/α-hetero) is 1. The fraction of sp³-hybridized carbons (Fsp3) is 0.333. The van der Waals surface area contributed by atoms with Crippen molar-refractivity contribution in [2.24, 2.45) is 0 Å². The molecule has 0 fully saturated rings. The highest BCUT2D eigenvalue weighted by Gasteiger charge is 2.31. The number of ketones is 1.